The fourth-order valence-electron chi connectivity index (χ4n) is 1.30. The van der Waals surface area contributed by atoms with Gasteiger partial charge in [-0.1, -0.05) is 23.2 Å². The second kappa shape index (κ2) is 7.62. The molecule has 0 unspecified atom stereocenters. The van der Waals surface area contributed by atoms with Gasteiger partial charge in [0.05, 0.1) is 10.6 Å². The Labute approximate surface area is 120 Å². The lowest BCUT2D eigenvalue weighted by Gasteiger charge is -2.08. The van der Waals surface area contributed by atoms with Crippen molar-refractivity contribution in [3.05, 3.63) is 27.7 Å². The number of esters is 1. The molecule has 0 fully saturated rings. The molecule has 0 amide bonds. The zero-order chi connectivity index (χ0) is 13.5. The predicted octanol–water partition coefficient (Wildman–Crippen LogP) is 4.12. The third-order valence-corrected chi connectivity index (χ3v) is 2.91. The van der Waals surface area contributed by atoms with E-state index in [1.54, 1.807) is 0 Å². The first-order valence-corrected chi connectivity index (χ1v) is 6.58. The summed E-state index contributed by atoms with van der Waals surface area (Å²) in [5.74, 6) is 0.0913. The molecule has 0 saturated carbocycles. The van der Waals surface area contributed by atoms with Crippen molar-refractivity contribution in [3.8, 4) is 5.75 Å². The normalized spacial score (nSPS) is 10.2. The minimum absolute atomic E-state index is 0.0481. The number of benzene rings is 1. The second-order valence-electron chi connectivity index (χ2n) is 3.54. The van der Waals surface area contributed by atoms with Crippen LogP contribution in [0.1, 0.15) is 29.6 Å². The standard InChI is InChI=1S/C12H11Cl3O3/c13-4-2-1-3-11(17)18-12-8(7-16)5-9(14)6-10(12)15/h5-7H,1-4H2. The summed E-state index contributed by atoms with van der Waals surface area (Å²) >= 11 is 17.1. The SMILES string of the molecule is O=Cc1cc(Cl)cc(Cl)c1OC(=O)CCCCCl. The number of ether oxygens (including phenoxy) is 1. The molecule has 0 spiro atoms. The summed E-state index contributed by atoms with van der Waals surface area (Å²) in [6.07, 6.45) is 2.12. The second-order valence-corrected chi connectivity index (χ2v) is 4.77. The molecule has 3 nitrogen and oxygen atoms in total. The maximum Gasteiger partial charge on any atom is 0.311 e. The average molecular weight is 310 g/mol. The molecule has 0 aliphatic heterocycles. The van der Waals surface area contributed by atoms with E-state index < -0.39 is 5.97 Å². The fourth-order valence-corrected chi connectivity index (χ4v) is 2.04. The van der Waals surface area contributed by atoms with E-state index in [-0.39, 0.29) is 22.8 Å². The Kier molecular flexibility index (Phi) is 6.47. The van der Waals surface area contributed by atoms with E-state index in [1.165, 1.54) is 12.1 Å². The van der Waals surface area contributed by atoms with E-state index in [2.05, 4.69) is 0 Å². The Morgan fingerprint density at radius 1 is 1.28 bits per heavy atom. The topological polar surface area (TPSA) is 43.4 Å². The first-order chi connectivity index (χ1) is 8.58. The van der Waals surface area contributed by atoms with Gasteiger partial charge in [0.2, 0.25) is 0 Å². The molecule has 18 heavy (non-hydrogen) atoms. The molecule has 6 heteroatoms. The van der Waals surface area contributed by atoms with Gasteiger partial charge >= 0.3 is 5.97 Å². The van der Waals surface area contributed by atoms with Gasteiger partial charge in [0.1, 0.15) is 0 Å². The van der Waals surface area contributed by atoms with Crippen LogP contribution in [-0.2, 0) is 4.79 Å². The Hall–Kier alpha value is -0.770. The lowest BCUT2D eigenvalue weighted by atomic mass is 10.2. The maximum absolute atomic E-state index is 11.5. The van der Waals surface area contributed by atoms with Gasteiger partial charge in [0, 0.05) is 17.3 Å². The summed E-state index contributed by atoms with van der Waals surface area (Å²) in [6.45, 7) is 0. The zero-order valence-corrected chi connectivity index (χ0v) is 11.7. The first kappa shape index (κ1) is 15.3. The van der Waals surface area contributed by atoms with Gasteiger partial charge in [-0.3, -0.25) is 9.59 Å². The van der Waals surface area contributed by atoms with Crippen LogP contribution in [-0.4, -0.2) is 18.1 Å². The van der Waals surface area contributed by atoms with E-state index in [4.69, 9.17) is 39.5 Å². The molecule has 0 aromatic heterocycles. The van der Waals surface area contributed by atoms with E-state index >= 15 is 0 Å². The number of aldehydes is 1. The van der Waals surface area contributed by atoms with Crippen molar-refractivity contribution in [2.24, 2.45) is 0 Å². The van der Waals surface area contributed by atoms with Gasteiger partial charge in [-0.15, -0.1) is 11.6 Å². The number of carbonyl (C=O) groups excluding carboxylic acids is 2. The highest BCUT2D eigenvalue weighted by atomic mass is 35.5. The third-order valence-electron chi connectivity index (χ3n) is 2.14. The maximum atomic E-state index is 11.5. The van der Waals surface area contributed by atoms with Crippen molar-refractivity contribution < 1.29 is 14.3 Å². The van der Waals surface area contributed by atoms with Crippen LogP contribution >= 0.6 is 34.8 Å². The third kappa shape index (κ3) is 4.48. The van der Waals surface area contributed by atoms with Crippen molar-refractivity contribution in [1.29, 1.82) is 0 Å². The highest BCUT2D eigenvalue weighted by molar-refractivity contribution is 6.36. The van der Waals surface area contributed by atoms with Gasteiger partial charge in [-0.25, -0.2) is 0 Å². The molecule has 0 aliphatic carbocycles. The summed E-state index contributed by atoms with van der Waals surface area (Å²) in [4.78, 5) is 22.4. The van der Waals surface area contributed by atoms with Gasteiger partial charge < -0.3 is 4.74 Å². The molecule has 98 valence electrons. The molecule has 1 aromatic carbocycles. The smallest absolute Gasteiger partial charge is 0.311 e. The molecule has 1 aromatic rings. The minimum atomic E-state index is -0.451. The molecule has 0 heterocycles. The van der Waals surface area contributed by atoms with Gasteiger partial charge in [-0.05, 0) is 25.0 Å². The number of alkyl halides is 1. The number of halogens is 3. The van der Waals surface area contributed by atoms with Gasteiger partial charge in [0.15, 0.2) is 12.0 Å². The van der Waals surface area contributed by atoms with Crippen molar-refractivity contribution >= 4 is 47.1 Å². The summed E-state index contributed by atoms with van der Waals surface area (Å²) in [5, 5.41) is 0.444. The number of hydrogen-bond acceptors (Lipinski definition) is 3. The van der Waals surface area contributed by atoms with E-state index in [0.717, 1.165) is 6.42 Å². The van der Waals surface area contributed by atoms with Gasteiger partial charge in [-0.2, -0.15) is 0 Å². The quantitative estimate of drug-likeness (QED) is 0.261. The lowest BCUT2D eigenvalue weighted by molar-refractivity contribution is -0.134. The molecule has 0 aliphatic rings. The minimum Gasteiger partial charge on any atom is -0.424 e. The van der Waals surface area contributed by atoms with E-state index in [0.29, 0.717) is 23.6 Å². The van der Waals surface area contributed by atoms with Crippen LogP contribution in [0.3, 0.4) is 0 Å². The van der Waals surface area contributed by atoms with Crippen LogP contribution in [0, 0.1) is 0 Å². The highest BCUT2D eigenvalue weighted by Gasteiger charge is 2.14. The summed E-state index contributed by atoms with van der Waals surface area (Å²) < 4.78 is 5.06. The monoisotopic (exact) mass is 308 g/mol. The Balaban J connectivity index is 2.77. The lowest BCUT2D eigenvalue weighted by Crippen LogP contribution is -2.09. The number of carbonyl (C=O) groups is 2. The molecule has 0 radical (unpaired) electrons. The van der Waals surface area contributed by atoms with Gasteiger partial charge in [0.25, 0.3) is 0 Å². The largest absolute Gasteiger partial charge is 0.424 e. The number of unbranched alkanes of at least 4 members (excludes halogenated alkanes) is 1. The Morgan fingerprint density at radius 3 is 2.61 bits per heavy atom. The van der Waals surface area contributed by atoms with Crippen LogP contribution in [0.4, 0.5) is 0 Å². The van der Waals surface area contributed by atoms with Crippen molar-refractivity contribution in [1.82, 2.24) is 0 Å². The Morgan fingerprint density at radius 2 is 2.00 bits per heavy atom. The van der Waals surface area contributed by atoms with Crippen LogP contribution in [0.25, 0.3) is 0 Å². The van der Waals surface area contributed by atoms with Crippen molar-refractivity contribution in [2.75, 3.05) is 5.88 Å². The molecule has 0 saturated heterocycles. The average Bonchev–Trinajstić information content (AvgIpc) is 2.32. The summed E-state index contributed by atoms with van der Waals surface area (Å²) in [7, 11) is 0. The summed E-state index contributed by atoms with van der Waals surface area (Å²) in [5.41, 5.74) is 0.151. The molecular weight excluding hydrogens is 298 g/mol. The van der Waals surface area contributed by atoms with Crippen molar-refractivity contribution in [2.45, 2.75) is 19.3 Å². The molecule has 0 N–H and O–H groups in total. The molecule has 0 bridgehead atoms. The first-order valence-electron chi connectivity index (χ1n) is 5.29. The molecule has 0 atom stereocenters. The van der Waals surface area contributed by atoms with E-state index in [9.17, 15) is 9.59 Å². The molecule has 1 rings (SSSR count). The Bertz CT molecular complexity index is 446. The van der Waals surface area contributed by atoms with Crippen LogP contribution in [0.15, 0.2) is 12.1 Å². The number of hydrogen-bond donors (Lipinski definition) is 0. The van der Waals surface area contributed by atoms with Crippen LogP contribution in [0.2, 0.25) is 10.0 Å². The predicted molar refractivity (Wildman–Crippen MR) is 72.1 cm³/mol. The van der Waals surface area contributed by atoms with Crippen molar-refractivity contribution in [3.63, 3.8) is 0 Å². The van der Waals surface area contributed by atoms with Crippen LogP contribution in [0.5, 0.6) is 5.75 Å². The highest BCUT2D eigenvalue weighted by Crippen LogP contribution is 2.31. The number of rotatable bonds is 6. The molecular formula is C12H11Cl3O3. The fraction of sp³-hybridized carbons (Fsp3) is 0.333. The zero-order valence-electron chi connectivity index (χ0n) is 9.42. The van der Waals surface area contributed by atoms with E-state index in [1.807, 2.05) is 0 Å². The van der Waals surface area contributed by atoms with Crippen LogP contribution < -0.4 is 4.74 Å². The summed E-state index contributed by atoms with van der Waals surface area (Å²) in [6, 6.07) is 2.80.